The molecule has 0 spiro atoms. The summed E-state index contributed by atoms with van der Waals surface area (Å²) >= 11 is 0. The first kappa shape index (κ1) is 66.0. The summed E-state index contributed by atoms with van der Waals surface area (Å²) in [5.41, 5.74) is 5.37. The van der Waals surface area contributed by atoms with Gasteiger partial charge in [0.15, 0.2) is 6.10 Å². The number of esters is 2. The number of unbranched alkanes of at least 4 members (excludes halogenated alkanes) is 33. The van der Waals surface area contributed by atoms with Gasteiger partial charge in [-0.05, 0) is 51.4 Å². The van der Waals surface area contributed by atoms with E-state index < -0.39 is 26.5 Å². The third-order valence-electron chi connectivity index (χ3n) is 12.5. The Morgan fingerprint density at radius 2 is 0.809 bits per heavy atom. The Labute approximate surface area is 419 Å². The van der Waals surface area contributed by atoms with Gasteiger partial charge in [-0.2, -0.15) is 0 Å². The fraction of sp³-hybridized carbons (Fsp3) is 0.828. The first-order valence-corrected chi connectivity index (χ1v) is 30.1. The van der Waals surface area contributed by atoms with Gasteiger partial charge < -0.3 is 20.1 Å². The summed E-state index contributed by atoms with van der Waals surface area (Å²) in [5, 5.41) is 0. The summed E-state index contributed by atoms with van der Waals surface area (Å²) in [6.45, 7) is 3.61. The number of phosphoric ester groups is 1. The van der Waals surface area contributed by atoms with Crippen molar-refractivity contribution in [3.8, 4) is 0 Å². The van der Waals surface area contributed by atoms with Crippen molar-refractivity contribution in [2.75, 3.05) is 26.4 Å². The topological polar surface area (TPSA) is 134 Å². The second-order valence-electron chi connectivity index (χ2n) is 19.1. The Hall–Kier alpha value is -2.03. The number of ether oxygens (including phenoxy) is 2. The average Bonchev–Trinajstić information content (AvgIpc) is 3.33. The van der Waals surface area contributed by atoms with Gasteiger partial charge in [-0.1, -0.05) is 262 Å². The minimum atomic E-state index is -4.39. The molecule has 0 rings (SSSR count). The summed E-state index contributed by atoms with van der Waals surface area (Å²) in [7, 11) is -4.39. The van der Waals surface area contributed by atoms with E-state index in [9.17, 15) is 19.0 Å². The van der Waals surface area contributed by atoms with Crippen molar-refractivity contribution in [1.82, 2.24) is 0 Å². The van der Waals surface area contributed by atoms with Crippen molar-refractivity contribution in [1.29, 1.82) is 0 Å². The number of phosphoric acid groups is 1. The molecule has 0 aromatic carbocycles. The zero-order chi connectivity index (χ0) is 49.5. The monoisotopic (exact) mass is 978 g/mol. The van der Waals surface area contributed by atoms with Gasteiger partial charge in [0.05, 0.1) is 13.2 Å². The molecule has 0 heterocycles. The van der Waals surface area contributed by atoms with Crippen LogP contribution in [0, 0.1) is 0 Å². The molecule has 0 aromatic rings. The van der Waals surface area contributed by atoms with Crippen LogP contribution in [-0.2, 0) is 32.7 Å². The van der Waals surface area contributed by atoms with Crippen molar-refractivity contribution in [3.05, 3.63) is 48.6 Å². The average molecular weight is 978 g/mol. The summed E-state index contributed by atoms with van der Waals surface area (Å²) < 4.78 is 32.9. The van der Waals surface area contributed by atoms with E-state index in [0.717, 1.165) is 57.8 Å². The zero-order valence-corrected chi connectivity index (χ0v) is 45.2. The molecule has 0 saturated heterocycles. The van der Waals surface area contributed by atoms with Gasteiger partial charge in [-0.15, -0.1) is 0 Å². The largest absolute Gasteiger partial charge is 0.472 e. The first-order valence-electron chi connectivity index (χ1n) is 28.6. The highest BCUT2D eigenvalue weighted by Crippen LogP contribution is 2.43. The summed E-state index contributed by atoms with van der Waals surface area (Å²) in [6.07, 6.45) is 66.3. The normalized spacial score (nSPS) is 13.4. The SMILES string of the molecule is CC/C=C\C/C=C\C/C=C\C/C=C\CCCCC(=O)OC(COC(=O)CCCCCCCCCCCCCCCCCCCCCCCCCCCCCCCCCC)COP(=O)(O)OCCN. The highest BCUT2D eigenvalue weighted by atomic mass is 31.2. The van der Waals surface area contributed by atoms with E-state index in [1.165, 1.54) is 186 Å². The number of allylic oxidation sites excluding steroid dienone is 8. The smallest absolute Gasteiger partial charge is 0.462 e. The number of rotatable bonds is 54. The zero-order valence-electron chi connectivity index (χ0n) is 44.3. The Morgan fingerprint density at radius 3 is 1.21 bits per heavy atom. The molecule has 0 aliphatic heterocycles. The molecule has 68 heavy (non-hydrogen) atoms. The van der Waals surface area contributed by atoms with E-state index in [1.54, 1.807) is 0 Å². The Morgan fingerprint density at radius 1 is 0.456 bits per heavy atom. The van der Waals surface area contributed by atoms with Crippen molar-refractivity contribution in [2.24, 2.45) is 5.73 Å². The second-order valence-corrected chi connectivity index (χ2v) is 20.6. The molecule has 2 unspecified atom stereocenters. The molecule has 0 radical (unpaired) electrons. The van der Waals surface area contributed by atoms with Crippen molar-refractivity contribution < 1.29 is 37.6 Å². The fourth-order valence-corrected chi connectivity index (χ4v) is 9.04. The van der Waals surface area contributed by atoms with E-state index >= 15 is 0 Å². The lowest BCUT2D eigenvalue weighted by Gasteiger charge is -2.19. The van der Waals surface area contributed by atoms with Crippen molar-refractivity contribution in [3.63, 3.8) is 0 Å². The quantitative estimate of drug-likeness (QED) is 0.0264. The molecule has 0 saturated carbocycles. The van der Waals surface area contributed by atoms with Crippen LogP contribution in [0.3, 0.4) is 0 Å². The number of carbonyl (C=O) groups excluding carboxylic acids is 2. The van der Waals surface area contributed by atoms with Gasteiger partial charge in [0, 0.05) is 19.4 Å². The van der Waals surface area contributed by atoms with Crippen LogP contribution in [0.25, 0.3) is 0 Å². The number of carbonyl (C=O) groups is 2. The van der Waals surface area contributed by atoms with E-state index in [4.69, 9.17) is 24.3 Å². The predicted octanol–water partition coefficient (Wildman–Crippen LogP) is 17.8. The van der Waals surface area contributed by atoms with E-state index in [1.807, 2.05) is 0 Å². The Balaban J connectivity index is 3.85. The highest BCUT2D eigenvalue weighted by Gasteiger charge is 2.26. The number of hydrogen-bond acceptors (Lipinski definition) is 8. The van der Waals surface area contributed by atoms with Gasteiger partial charge >= 0.3 is 19.8 Å². The molecule has 0 amide bonds. The van der Waals surface area contributed by atoms with Crippen molar-refractivity contribution in [2.45, 2.75) is 283 Å². The lowest BCUT2D eigenvalue weighted by Crippen LogP contribution is -2.29. The molecular weight excluding hydrogens is 870 g/mol. The standard InChI is InChI=1S/C58H108NO8P/c1-3-5-7-9-11-13-15-17-19-20-21-22-23-24-25-26-27-28-29-30-31-32-33-34-35-37-38-40-42-44-46-48-50-57(60)64-54-56(55-66-68(62,63)65-53-52-59)67-58(61)51-49-47-45-43-41-39-36-18-16-14-12-10-8-6-4-2/h6,8,12,14,18,36,41,43,56H,3-5,7,9-11,13,15-17,19-35,37-40,42,44-55,59H2,1-2H3,(H,62,63)/b8-6-,14-12-,36-18-,43-41-. The van der Waals surface area contributed by atoms with Crippen LogP contribution in [0.1, 0.15) is 277 Å². The highest BCUT2D eigenvalue weighted by molar-refractivity contribution is 7.47. The summed E-state index contributed by atoms with van der Waals surface area (Å²) in [5.74, 6) is -0.868. The minimum absolute atomic E-state index is 0.0462. The molecule has 2 atom stereocenters. The maximum Gasteiger partial charge on any atom is 0.472 e. The molecule has 10 heteroatoms. The van der Waals surface area contributed by atoms with Crippen LogP contribution in [0.5, 0.6) is 0 Å². The molecule has 0 aromatic heterocycles. The van der Waals surface area contributed by atoms with Crippen molar-refractivity contribution >= 4 is 19.8 Å². The predicted molar refractivity (Wildman–Crippen MR) is 289 cm³/mol. The van der Waals surface area contributed by atoms with Crippen LogP contribution in [0.4, 0.5) is 0 Å². The van der Waals surface area contributed by atoms with Gasteiger partial charge in [0.1, 0.15) is 6.61 Å². The van der Waals surface area contributed by atoms with Crippen LogP contribution in [0.2, 0.25) is 0 Å². The van der Waals surface area contributed by atoms with E-state index in [-0.39, 0.29) is 38.6 Å². The van der Waals surface area contributed by atoms with E-state index in [2.05, 4.69) is 62.5 Å². The third kappa shape index (κ3) is 53.3. The summed E-state index contributed by atoms with van der Waals surface area (Å²) in [6, 6.07) is 0. The fourth-order valence-electron chi connectivity index (χ4n) is 8.28. The molecule has 0 aliphatic carbocycles. The molecule has 398 valence electrons. The van der Waals surface area contributed by atoms with Gasteiger partial charge in [0.2, 0.25) is 0 Å². The third-order valence-corrected chi connectivity index (χ3v) is 13.5. The molecule has 3 N–H and O–H groups in total. The Bertz CT molecular complexity index is 1250. The van der Waals surface area contributed by atoms with Crippen LogP contribution in [-0.4, -0.2) is 49.3 Å². The van der Waals surface area contributed by atoms with Crippen LogP contribution in [0.15, 0.2) is 48.6 Å². The molecule has 0 bridgehead atoms. The lowest BCUT2D eigenvalue weighted by molar-refractivity contribution is -0.161. The first-order chi connectivity index (χ1) is 33.3. The molecular formula is C58H108NO8P. The molecule has 0 aliphatic rings. The lowest BCUT2D eigenvalue weighted by atomic mass is 10.0. The maximum absolute atomic E-state index is 12.6. The number of hydrogen-bond donors (Lipinski definition) is 2. The van der Waals surface area contributed by atoms with Crippen LogP contribution < -0.4 is 5.73 Å². The minimum Gasteiger partial charge on any atom is -0.462 e. The van der Waals surface area contributed by atoms with Gasteiger partial charge in [0.25, 0.3) is 0 Å². The summed E-state index contributed by atoms with van der Waals surface area (Å²) in [4.78, 5) is 35.0. The number of nitrogens with two attached hydrogens (primary N) is 1. The van der Waals surface area contributed by atoms with Gasteiger partial charge in [-0.25, -0.2) is 4.57 Å². The van der Waals surface area contributed by atoms with E-state index in [0.29, 0.717) is 6.42 Å². The molecule has 0 fully saturated rings. The van der Waals surface area contributed by atoms with Gasteiger partial charge in [-0.3, -0.25) is 18.6 Å². The molecule has 9 nitrogen and oxygen atoms in total. The maximum atomic E-state index is 12.6. The Kier molecular flexibility index (Phi) is 52.7. The second kappa shape index (κ2) is 54.3. The van der Waals surface area contributed by atoms with Crippen LogP contribution >= 0.6 is 7.82 Å².